The number of alkyl halides is 3. The van der Waals surface area contributed by atoms with Crippen molar-refractivity contribution < 1.29 is 27.9 Å². The molecule has 2 rings (SSSR count). The van der Waals surface area contributed by atoms with E-state index in [1.165, 1.54) is 36.9 Å². The smallest absolute Gasteiger partial charge is 0.381 e. The van der Waals surface area contributed by atoms with Gasteiger partial charge in [0, 0.05) is 19.5 Å². The van der Waals surface area contributed by atoms with Crippen LogP contribution in [0.3, 0.4) is 0 Å². The number of aliphatic hydroxyl groups is 1. The van der Waals surface area contributed by atoms with Crippen LogP contribution >= 0.6 is 0 Å². The Kier molecular flexibility index (Phi) is 4.89. The van der Waals surface area contributed by atoms with Crippen LogP contribution < -0.4 is 5.32 Å². The van der Waals surface area contributed by atoms with Gasteiger partial charge in [-0.15, -0.1) is 0 Å². The molecular weight excluding hydrogens is 325 g/mol. The van der Waals surface area contributed by atoms with E-state index in [4.69, 9.17) is 0 Å². The third-order valence-corrected chi connectivity index (χ3v) is 3.79. The molecule has 1 atom stereocenters. The first-order valence-electron chi connectivity index (χ1n) is 7.44. The first kappa shape index (κ1) is 18.3. The molecule has 1 aliphatic rings. The molecule has 1 unspecified atom stereocenters. The van der Waals surface area contributed by atoms with Crippen molar-refractivity contribution in [2.75, 3.05) is 6.54 Å². The molecule has 1 aliphatic heterocycles. The lowest BCUT2D eigenvalue weighted by Gasteiger charge is -2.22. The summed E-state index contributed by atoms with van der Waals surface area (Å²) in [7, 11) is 0. The number of carbonyl (C=O) groups is 2. The minimum atomic E-state index is -4.49. The van der Waals surface area contributed by atoms with Gasteiger partial charge in [-0.25, -0.2) is 0 Å². The Balaban J connectivity index is 2.08. The zero-order valence-electron chi connectivity index (χ0n) is 13.4. The molecule has 0 bridgehead atoms. The van der Waals surface area contributed by atoms with Crippen LogP contribution in [0.15, 0.2) is 24.3 Å². The van der Waals surface area contributed by atoms with Crippen molar-refractivity contribution in [2.24, 2.45) is 0 Å². The zero-order chi connectivity index (χ0) is 18.1. The molecule has 2 N–H and O–H groups in total. The Morgan fingerprint density at radius 2 is 1.96 bits per heavy atom. The Labute approximate surface area is 137 Å². The van der Waals surface area contributed by atoms with Crippen LogP contribution in [0.5, 0.6) is 0 Å². The highest BCUT2D eigenvalue weighted by molar-refractivity contribution is 5.86. The summed E-state index contributed by atoms with van der Waals surface area (Å²) in [6, 6.07) is 4.56. The summed E-state index contributed by atoms with van der Waals surface area (Å²) in [5.41, 5.74) is -2.35. The molecule has 0 aromatic heterocycles. The number of hydrogen-bond acceptors (Lipinski definition) is 3. The number of hydrogen-bond donors (Lipinski definition) is 2. The molecule has 8 heteroatoms. The average molecular weight is 344 g/mol. The number of halogens is 3. The van der Waals surface area contributed by atoms with Gasteiger partial charge in [0.1, 0.15) is 5.60 Å². The Hall–Kier alpha value is -2.09. The molecule has 0 radical (unpaired) electrons. The van der Waals surface area contributed by atoms with E-state index in [0.29, 0.717) is 0 Å². The minimum Gasteiger partial charge on any atom is -0.381 e. The Bertz CT molecular complexity index is 638. The fraction of sp³-hybridized carbons (Fsp3) is 0.500. The zero-order valence-corrected chi connectivity index (χ0v) is 13.4. The van der Waals surface area contributed by atoms with E-state index >= 15 is 0 Å². The molecule has 1 aromatic carbocycles. The van der Waals surface area contributed by atoms with Crippen LogP contribution in [0, 0.1) is 0 Å². The van der Waals surface area contributed by atoms with Crippen LogP contribution in [0.1, 0.15) is 31.4 Å². The maximum Gasteiger partial charge on any atom is 0.416 e. The molecular formula is C16H19F3N2O3. The number of nitrogens with one attached hydrogen (secondary N) is 1. The molecule has 0 saturated carbocycles. The van der Waals surface area contributed by atoms with Gasteiger partial charge < -0.3 is 15.3 Å². The van der Waals surface area contributed by atoms with Crippen molar-refractivity contribution in [1.82, 2.24) is 10.2 Å². The lowest BCUT2D eigenvalue weighted by molar-refractivity contribution is -0.139. The van der Waals surface area contributed by atoms with E-state index in [2.05, 4.69) is 5.32 Å². The minimum absolute atomic E-state index is 0.00396. The van der Waals surface area contributed by atoms with Crippen molar-refractivity contribution in [1.29, 1.82) is 0 Å². The standard InChI is InChI=1S/C16H19F3N2O3/c1-15(2,24)14(23)20-11-7-13(22)21(9-11)8-10-5-3-4-6-12(10)16(17,18)19/h3-6,11,24H,7-9H2,1-2H3,(H,20,23). The average Bonchev–Trinajstić information content (AvgIpc) is 2.77. The first-order chi connectivity index (χ1) is 11.0. The topological polar surface area (TPSA) is 69.6 Å². The number of likely N-dealkylation sites (tertiary alicyclic amines) is 1. The van der Waals surface area contributed by atoms with Gasteiger partial charge in [0.2, 0.25) is 5.91 Å². The summed E-state index contributed by atoms with van der Waals surface area (Å²) in [6.45, 7) is 2.56. The SMILES string of the molecule is CC(C)(O)C(=O)NC1CC(=O)N(Cc2ccccc2C(F)(F)F)C1. The monoisotopic (exact) mass is 344 g/mol. The van der Waals surface area contributed by atoms with E-state index < -0.39 is 29.3 Å². The highest BCUT2D eigenvalue weighted by atomic mass is 19.4. The van der Waals surface area contributed by atoms with Gasteiger partial charge in [0.25, 0.3) is 5.91 Å². The number of rotatable bonds is 4. The van der Waals surface area contributed by atoms with E-state index in [0.717, 1.165) is 6.07 Å². The molecule has 1 saturated heterocycles. The van der Waals surface area contributed by atoms with Crippen molar-refractivity contribution >= 4 is 11.8 Å². The molecule has 132 valence electrons. The number of carbonyl (C=O) groups excluding carboxylic acids is 2. The van der Waals surface area contributed by atoms with Gasteiger partial charge in [-0.3, -0.25) is 9.59 Å². The lowest BCUT2D eigenvalue weighted by atomic mass is 10.1. The summed E-state index contributed by atoms with van der Waals surface area (Å²) < 4.78 is 39.0. The predicted molar refractivity (Wildman–Crippen MR) is 79.7 cm³/mol. The van der Waals surface area contributed by atoms with E-state index in [-0.39, 0.29) is 31.0 Å². The molecule has 5 nitrogen and oxygen atoms in total. The van der Waals surface area contributed by atoms with Crippen LogP contribution in [0.4, 0.5) is 13.2 Å². The molecule has 2 amide bonds. The van der Waals surface area contributed by atoms with Gasteiger partial charge >= 0.3 is 6.18 Å². The maximum absolute atomic E-state index is 13.0. The summed E-state index contributed by atoms with van der Waals surface area (Å²) in [5.74, 6) is -0.967. The van der Waals surface area contributed by atoms with Gasteiger partial charge in [0.05, 0.1) is 11.6 Å². The molecule has 1 heterocycles. The van der Waals surface area contributed by atoms with Gasteiger partial charge in [-0.1, -0.05) is 18.2 Å². The van der Waals surface area contributed by atoms with E-state index in [1.54, 1.807) is 0 Å². The normalized spacial score (nSPS) is 18.8. The van der Waals surface area contributed by atoms with Gasteiger partial charge in [-0.2, -0.15) is 13.2 Å². The van der Waals surface area contributed by atoms with Gasteiger partial charge in [0.15, 0.2) is 0 Å². The van der Waals surface area contributed by atoms with Crippen molar-refractivity contribution in [3.63, 3.8) is 0 Å². The second kappa shape index (κ2) is 6.43. The van der Waals surface area contributed by atoms with Crippen LogP contribution in [-0.4, -0.2) is 40.0 Å². The third-order valence-electron chi connectivity index (χ3n) is 3.79. The molecule has 0 aliphatic carbocycles. The molecule has 0 spiro atoms. The van der Waals surface area contributed by atoms with Crippen LogP contribution in [0.25, 0.3) is 0 Å². The lowest BCUT2D eigenvalue weighted by Crippen LogP contribution is -2.47. The fourth-order valence-electron chi connectivity index (χ4n) is 2.52. The highest BCUT2D eigenvalue weighted by Gasteiger charge is 2.37. The fourth-order valence-corrected chi connectivity index (χ4v) is 2.52. The summed E-state index contributed by atoms with van der Waals surface area (Å²) in [6.07, 6.45) is -4.50. The number of benzene rings is 1. The number of nitrogens with zero attached hydrogens (tertiary/aromatic N) is 1. The third kappa shape index (κ3) is 4.25. The first-order valence-corrected chi connectivity index (χ1v) is 7.44. The maximum atomic E-state index is 13.0. The number of amides is 2. The quantitative estimate of drug-likeness (QED) is 0.873. The second-order valence-electron chi connectivity index (χ2n) is 6.36. The highest BCUT2D eigenvalue weighted by Crippen LogP contribution is 2.32. The molecule has 24 heavy (non-hydrogen) atoms. The summed E-state index contributed by atoms with van der Waals surface area (Å²) in [4.78, 5) is 25.0. The Morgan fingerprint density at radius 3 is 2.54 bits per heavy atom. The van der Waals surface area contributed by atoms with Gasteiger partial charge in [-0.05, 0) is 25.5 Å². The van der Waals surface area contributed by atoms with Crippen LogP contribution in [0.2, 0.25) is 0 Å². The second-order valence-corrected chi connectivity index (χ2v) is 6.36. The van der Waals surface area contributed by atoms with E-state index in [1.807, 2.05) is 0 Å². The van der Waals surface area contributed by atoms with Crippen molar-refractivity contribution in [3.8, 4) is 0 Å². The predicted octanol–water partition coefficient (Wildman–Crippen LogP) is 1.69. The Morgan fingerprint density at radius 1 is 1.33 bits per heavy atom. The van der Waals surface area contributed by atoms with E-state index in [9.17, 15) is 27.9 Å². The van der Waals surface area contributed by atoms with Crippen LogP contribution in [-0.2, 0) is 22.3 Å². The van der Waals surface area contributed by atoms with Crippen molar-refractivity contribution in [3.05, 3.63) is 35.4 Å². The summed E-state index contributed by atoms with van der Waals surface area (Å²) in [5, 5.41) is 12.1. The van der Waals surface area contributed by atoms with Crippen molar-refractivity contribution in [2.45, 2.75) is 44.6 Å². The molecule has 1 aromatic rings. The molecule has 1 fully saturated rings. The summed E-state index contributed by atoms with van der Waals surface area (Å²) >= 11 is 0. The largest absolute Gasteiger partial charge is 0.416 e.